The quantitative estimate of drug-likeness (QED) is 0.517. The van der Waals surface area contributed by atoms with Gasteiger partial charge >= 0.3 is 5.97 Å². The fourth-order valence-electron chi connectivity index (χ4n) is 1.32. The lowest BCUT2D eigenvalue weighted by atomic mass is 10.1. The number of hydrogen-bond acceptors (Lipinski definition) is 6. The normalized spacial score (nSPS) is 12.5. The molecule has 5 N–H and O–H groups in total. The summed E-state index contributed by atoms with van der Waals surface area (Å²) in [5.41, 5.74) is 4.95. The molecule has 0 bridgehead atoms. The number of nitrogens with one attached hydrogen (secondary N) is 2. The maximum atomic E-state index is 11.4. The third kappa shape index (κ3) is 2.08. The summed E-state index contributed by atoms with van der Waals surface area (Å²) in [6, 6.07) is -1.18. The maximum Gasteiger partial charge on any atom is 0.320 e. The number of aromatic nitrogens is 4. The van der Waals surface area contributed by atoms with Gasteiger partial charge in [-0.25, -0.2) is 4.98 Å². The van der Waals surface area contributed by atoms with Crippen molar-refractivity contribution in [1.29, 1.82) is 0 Å². The Bertz CT molecular complexity index is 569. The van der Waals surface area contributed by atoms with Crippen molar-refractivity contribution < 1.29 is 14.4 Å². The number of nitrogens with zero attached hydrogens (tertiary/aromatic N) is 2. The van der Waals surface area contributed by atoms with Crippen LogP contribution in [0.2, 0.25) is 0 Å². The van der Waals surface area contributed by atoms with Crippen molar-refractivity contribution in [3.8, 4) is 11.6 Å². The minimum Gasteiger partial charge on any atom is -0.480 e. The smallest absolute Gasteiger partial charge is 0.320 e. The van der Waals surface area contributed by atoms with E-state index in [4.69, 9.17) is 15.4 Å². The van der Waals surface area contributed by atoms with Gasteiger partial charge in [-0.2, -0.15) is 10.3 Å². The van der Waals surface area contributed by atoms with Crippen LogP contribution in [0.15, 0.2) is 15.6 Å². The average molecular weight is 239 g/mol. The van der Waals surface area contributed by atoms with E-state index in [2.05, 4.69) is 20.3 Å². The summed E-state index contributed by atoms with van der Waals surface area (Å²) in [5.74, 6) is -0.853. The van der Waals surface area contributed by atoms with Crippen LogP contribution >= 0.6 is 0 Å². The molecule has 1 unspecified atom stereocenters. The molecule has 2 rings (SSSR count). The van der Waals surface area contributed by atoms with Crippen molar-refractivity contribution in [1.82, 2.24) is 20.3 Å². The molecule has 0 amide bonds. The van der Waals surface area contributed by atoms with Gasteiger partial charge in [0.2, 0.25) is 5.76 Å². The highest BCUT2D eigenvalue weighted by Crippen LogP contribution is 2.16. The third-order valence-electron chi connectivity index (χ3n) is 2.17. The van der Waals surface area contributed by atoms with Gasteiger partial charge in [-0.1, -0.05) is 0 Å². The lowest BCUT2D eigenvalue weighted by molar-refractivity contribution is -0.138. The van der Waals surface area contributed by atoms with E-state index in [0.717, 1.165) is 0 Å². The van der Waals surface area contributed by atoms with Gasteiger partial charge in [0, 0.05) is 6.42 Å². The Morgan fingerprint density at radius 3 is 3.00 bits per heavy atom. The number of aliphatic carboxylic acids is 1. The van der Waals surface area contributed by atoms with Gasteiger partial charge in [-0.15, -0.1) is 0 Å². The predicted molar refractivity (Wildman–Crippen MR) is 54.0 cm³/mol. The number of aromatic amines is 2. The summed E-state index contributed by atoms with van der Waals surface area (Å²) in [5, 5.41) is 16.9. The highest BCUT2D eigenvalue weighted by atomic mass is 16.5. The number of rotatable bonds is 4. The fourth-order valence-corrected chi connectivity index (χ4v) is 1.32. The minimum absolute atomic E-state index is 0.115. The third-order valence-corrected chi connectivity index (χ3v) is 2.17. The first-order chi connectivity index (χ1) is 8.09. The molecule has 0 spiro atoms. The summed E-state index contributed by atoms with van der Waals surface area (Å²) < 4.78 is 4.90. The minimum atomic E-state index is -1.20. The lowest BCUT2D eigenvalue weighted by Crippen LogP contribution is -2.33. The van der Waals surface area contributed by atoms with Crippen molar-refractivity contribution >= 4 is 5.97 Å². The van der Waals surface area contributed by atoms with Crippen LogP contribution in [-0.2, 0) is 11.2 Å². The number of nitrogens with two attached hydrogens (primary N) is 1. The van der Waals surface area contributed by atoms with Gasteiger partial charge in [-0.05, 0) is 0 Å². The Kier molecular flexibility index (Phi) is 2.75. The Balaban J connectivity index is 2.37. The predicted octanol–water partition coefficient (Wildman–Crippen LogP) is -1.29. The SMILES string of the molecule is NC(Cc1c(-c2ncn[nH]2)o[nH]c1=O)C(=O)O. The molecule has 0 aliphatic carbocycles. The van der Waals surface area contributed by atoms with E-state index in [9.17, 15) is 9.59 Å². The molecule has 90 valence electrons. The van der Waals surface area contributed by atoms with Gasteiger partial charge < -0.3 is 15.4 Å². The summed E-state index contributed by atoms with van der Waals surface area (Å²) >= 11 is 0. The second-order valence-corrected chi connectivity index (χ2v) is 3.32. The standard InChI is InChI=1S/C8H9N5O4/c9-4(8(15)16)1-3-5(17-13-7(3)14)6-10-2-11-12-6/h2,4H,1,9H2,(H,13,14)(H,15,16)(H,10,11,12). The molecule has 9 nitrogen and oxygen atoms in total. The largest absolute Gasteiger partial charge is 0.480 e. The number of carboxylic acids is 1. The Hall–Kier alpha value is -2.42. The molecule has 2 aromatic heterocycles. The molecule has 17 heavy (non-hydrogen) atoms. The summed E-state index contributed by atoms with van der Waals surface area (Å²) in [4.78, 5) is 25.9. The Morgan fingerprint density at radius 2 is 2.41 bits per heavy atom. The van der Waals surface area contributed by atoms with E-state index in [1.54, 1.807) is 0 Å². The molecule has 1 atom stereocenters. The van der Waals surface area contributed by atoms with E-state index < -0.39 is 17.6 Å². The first-order valence-electron chi connectivity index (χ1n) is 4.64. The monoisotopic (exact) mass is 239 g/mol. The summed E-state index contributed by atoms with van der Waals surface area (Å²) in [7, 11) is 0. The van der Waals surface area contributed by atoms with Crippen LogP contribution in [-0.4, -0.2) is 37.5 Å². The van der Waals surface area contributed by atoms with Crippen molar-refractivity contribution in [3.05, 3.63) is 22.2 Å². The first-order valence-corrected chi connectivity index (χ1v) is 4.64. The zero-order chi connectivity index (χ0) is 12.4. The molecule has 0 aromatic carbocycles. The van der Waals surface area contributed by atoms with E-state index in [1.165, 1.54) is 6.33 Å². The zero-order valence-electron chi connectivity index (χ0n) is 8.51. The Morgan fingerprint density at radius 1 is 1.65 bits per heavy atom. The molecule has 2 heterocycles. The molecule has 0 saturated heterocycles. The number of hydrogen-bond donors (Lipinski definition) is 4. The molecular formula is C8H9N5O4. The number of carboxylic acid groups (broad SMARTS) is 1. The molecular weight excluding hydrogens is 230 g/mol. The van der Waals surface area contributed by atoms with Gasteiger partial charge in [0.05, 0.1) is 5.56 Å². The van der Waals surface area contributed by atoms with Gasteiger partial charge in [0.1, 0.15) is 12.4 Å². The van der Waals surface area contributed by atoms with Crippen LogP contribution in [0, 0.1) is 0 Å². The topological polar surface area (TPSA) is 151 Å². The second kappa shape index (κ2) is 4.22. The highest BCUT2D eigenvalue weighted by Gasteiger charge is 2.22. The highest BCUT2D eigenvalue weighted by molar-refractivity contribution is 5.74. The van der Waals surface area contributed by atoms with Crippen molar-refractivity contribution in [2.45, 2.75) is 12.5 Å². The zero-order valence-corrected chi connectivity index (χ0v) is 8.51. The van der Waals surface area contributed by atoms with Crippen LogP contribution in [0.4, 0.5) is 0 Å². The van der Waals surface area contributed by atoms with Gasteiger partial charge in [0.25, 0.3) is 5.56 Å². The molecule has 9 heteroatoms. The van der Waals surface area contributed by atoms with Crippen LogP contribution in [0.1, 0.15) is 5.56 Å². The average Bonchev–Trinajstić information content (AvgIpc) is 2.89. The molecule has 0 radical (unpaired) electrons. The second-order valence-electron chi connectivity index (χ2n) is 3.32. The molecule has 0 aliphatic rings. The van der Waals surface area contributed by atoms with Gasteiger partial charge in [0.15, 0.2) is 5.82 Å². The summed E-state index contributed by atoms with van der Waals surface area (Å²) in [6.07, 6.45) is 1.08. The van der Waals surface area contributed by atoms with Crippen LogP contribution in [0.3, 0.4) is 0 Å². The van der Waals surface area contributed by atoms with E-state index in [1.807, 2.05) is 0 Å². The van der Waals surface area contributed by atoms with Gasteiger partial charge in [-0.3, -0.25) is 14.7 Å². The fraction of sp³-hybridized carbons (Fsp3) is 0.250. The van der Waals surface area contributed by atoms with Crippen molar-refractivity contribution in [2.24, 2.45) is 5.73 Å². The summed E-state index contributed by atoms with van der Waals surface area (Å²) in [6.45, 7) is 0. The van der Waals surface area contributed by atoms with E-state index in [-0.39, 0.29) is 23.6 Å². The Labute approximate surface area is 93.6 Å². The van der Waals surface area contributed by atoms with E-state index >= 15 is 0 Å². The lowest BCUT2D eigenvalue weighted by Gasteiger charge is -2.03. The molecule has 0 aliphatic heterocycles. The first kappa shape index (κ1) is 11.1. The molecule has 0 fully saturated rings. The van der Waals surface area contributed by atoms with Crippen molar-refractivity contribution in [2.75, 3.05) is 0 Å². The molecule has 0 saturated carbocycles. The molecule has 2 aromatic rings. The van der Waals surface area contributed by atoms with E-state index in [0.29, 0.717) is 0 Å². The van der Waals surface area contributed by atoms with Crippen molar-refractivity contribution in [3.63, 3.8) is 0 Å². The maximum absolute atomic E-state index is 11.4. The number of H-pyrrole nitrogens is 2. The van der Waals surface area contributed by atoms with Crippen LogP contribution in [0.25, 0.3) is 11.6 Å². The number of carbonyl (C=O) groups is 1. The van der Waals surface area contributed by atoms with Crippen LogP contribution in [0.5, 0.6) is 0 Å². The van der Waals surface area contributed by atoms with Crippen LogP contribution < -0.4 is 11.3 Å².